The van der Waals surface area contributed by atoms with Crippen LogP contribution in [-0.2, 0) is 4.79 Å². The predicted molar refractivity (Wildman–Crippen MR) is 57.1 cm³/mol. The van der Waals surface area contributed by atoms with Gasteiger partial charge in [-0.15, -0.1) is 0 Å². The maximum Gasteiger partial charge on any atom is 0.444 e. The van der Waals surface area contributed by atoms with E-state index < -0.39 is 11.7 Å². The van der Waals surface area contributed by atoms with Crippen LogP contribution in [0.3, 0.4) is 0 Å². The SMILES string of the molecule is CC(=O)Nc1cccc(OC(F)(F)C(F)Cl)c1. The molecule has 17 heavy (non-hydrogen) atoms. The average molecular weight is 268 g/mol. The molecule has 1 amide bonds. The summed E-state index contributed by atoms with van der Waals surface area (Å²) in [5, 5.41) is 2.37. The van der Waals surface area contributed by atoms with Gasteiger partial charge in [0.25, 0.3) is 5.63 Å². The second kappa shape index (κ2) is 5.27. The summed E-state index contributed by atoms with van der Waals surface area (Å²) in [6, 6.07) is 5.17. The third-order valence-electron chi connectivity index (χ3n) is 1.66. The standard InChI is InChI=1S/C10H9ClF3NO2/c1-6(16)15-7-3-2-4-8(5-7)17-10(13,14)9(11)12/h2-5,9H,1H3,(H,15,16). The molecule has 0 radical (unpaired) electrons. The normalized spacial score (nSPS) is 13.0. The van der Waals surface area contributed by atoms with Gasteiger partial charge in [-0.1, -0.05) is 17.7 Å². The van der Waals surface area contributed by atoms with E-state index in [9.17, 15) is 18.0 Å². The highest BCUT2D eigenvalue weighted by molar-refractivity contribution is 6.20. The molecule has 0 saturated carbocycles. The Labute approximate surface area is 101 Å². The highest BCUT2D eigenvalue weighted by Gasteiger charge is 2.42. The van der Waals surface area contributed by atoms with Gasteiger partial charge >= 0.3 is 6.11 Å². The number of hydrogen-bond donors (Lipinski definition) is 1. The van der Waals surface area contributed by atoms with Gasteiger partial charge in [-0.3, -0.25) is 4.79 Å². The maximum atomic E-state index is 12.8. The van der Waals surface area contributed by atoms with Gasteiger partial charge in [0.05, 0.1) is 0 Å². The van der Waals surface area contributed by atoms with Crippen molar-refractivity contribution in [3.63, 3.8) is 0 Å². The number of carbonyl (C=O) groups is 1. The molecule has 1 aromatic rings. The molecule has 94 valence electrons. The first-order valence-electron chi connectivity index (χ1n) is 4.54. The molecule has 0 aliphatic heterocycles. The number of carbonyl (C=O) groups excluding carboxylic acids is 1. The van der Waals surface area contributed by atoms with E-state index >= 15 is 0 Å². The third-order valence-corrected chi connectivity index (χ3v) is 1.92. The van der Waals surface area contributed by atoms with Crippen molar-refractivity contribution >= 4 is 23.2 Å². The van der Waals surface area contributed by atoms with E-state index in [2.05, 4.69) is 21.7 Å². The lowest BCUT2D eigenvalue weighted by Crippen LogP contribution is -2.32. The van der Waals surface area contributed by atoms with Crippen LogP contribution in [0, 0.1) is 0 Å². The Morgan fingerprint density at radius 3 is 2.71 bits per heavy atom. The van der Waals surface area contributed by atoms with Gasteiger partial charge in [-0.2, -0.15) is 8.78 Å². The minimum absolute atomic E-state index is 0.260. The summed E-state index contributed by atoms with van der Waals surface area (Å²) in [5.74, 6) is -0.667. The minimum atomic E-state index is -4.13. The van der Waals surface area contributed by atoms with Crippen LogP contribution in [0.2, 0.25) is 0 Å². The topological polar surface area (TPSA) is 38.3 Å². The van der Waals surface area contributed by atoms with Crippen molar-refractivity contribution < 1.29 is 22.7 Å². The van der Waals surface area contributed by atoms with Crippen molar-refractivity contribution in [2.24, 2.45) is 0 Å². The minimum Gasteiger partial charge on any atom is -0.429 e. The van der Waals surface area contributed by atoms with Crippen LogP contribution in [0.5, 0.6) is 5.75 Å². The van der Waals surface area contributed by atoms with Crippen LogP contribution >= 0.6 is 11.6 Å². The fourth-order valence-corrected chi connectivity index (χ4v) is 1.09. The number of hydrogen-bond acceptors (Lipinski definition) is 2. The number of alkyl halides is 4. The zero-order chi connectivity index (χ0) is 13.1. The summed E-state index contributed by atoms with van der Waals surface area (Å²) < 4.78 is 42.0. The fraction of sp³-hybridized carbons (Fsp3) is 0.300. The van der Waals surface area contributed by atoms with Crippen molar-refractivity contribution in [1.29, 1.82) is 0 Å². The van der Waals surface area contributed by atoms with Crippen LogP contribution in [0.4, 0.5) is 18.9 Å². The second-order valence-electron chi connectivity index (χ2n) is 3.17. The van der Waals surface area contributed by atoms with Crippen molar-refractivity contribution in [2.45, 2.75) is 18.7 Å². The Balaban J connectivity index is 2.82. The Hall–Kier alpha value is -1.43. The first kappa shape index (κ1) is 13.6. The number of rotatable bonds is 4. The van der Waals surface area contributed by atoms with Gasteiger partial charge in [-0.25, -0.2) is 4.39 Å². The number of ether oxygens (including phenoxy) is 1. The van der Waals surface area contributed by atoms with Crippen LogP contribution in [0.15, 0.2) is 24.3 Å². The molecule has 1 N–H and O–H groups in total. The Bertz CT molecular complexity index is 412. The second-order valence-corrected chi connectivity index (χ2v) is 3.56. The lowest BCUT2D eigenvalue weighted by Gasteiger charge is -2.18. The molecule has 0 aliphatic rings. The summed E-state index contributed by atoms with van der Waals surface area (Å²) in [6.07, 6.45) is -4.13. The molecule has 1 aromatic carbocycles. The van der Waals surface area contributed by atoms with Crippen LogP contribution in [0.25, 0.3) is 0 Å². The maximum absolute atomic E-state index is 12.8. The zero-order valence-electron chi connectivity index (χ0n) is 8.72. The molecule has 0 fully saturated rings. The lowest BCUT2D eigenvalue weighted by molar-refractivity contribution is -0.198. The Morgan fingerprint density at radius 2 is 2.18 bits per heavy atom. The molecule has 7 heteroatoms. The summed E-state index contributed by atoms with van der Waals surface area (Å²) in [6.45, 7) is 1.26. The number of benzene rings is 1. The molecule has 0 saturated heterocycles. The number of amides is 1. The molecule has 0 spiro atoms. The largest absolute Gasteiger partial charge is 0.444 e. The lowest BCUT2D eigenvalue weighted by atomic mass is 10.3. The molecule has 0 bridgehead atoms. The first-order valence-corrected chi connectivity index (χ1v) is 4.97. The van der Waals surface area contributed by atoms with E-state index in [-0.39, 0.29) is 17.3 Å². The van der Waals surface area contributed by atoms with E-state index in [1.165, 1.54) is 25.1 Å². The van der Waals surface area contributed by atoms with Gasteiger partial charge in [-0.05, 0) is 12.1 Å². The number of nitrogens with one attached hydrogen (secondary N) is 1. The van der Waals surface area contributed by atoms with E-state index in [1.54, 1.807) is 0 Å². The van der Waals surface area contributed by atoms with Crippen molar-refractivity contribution in [2.75, 3.05) is 5.32 Å². The van der Waals surface area contributed by atoms with Gasteiger partial charge in [0, 0.05) is 18.7 Å². The molecule has 3 nitrogen and oxygen atoms in total. The third kappa shape index (κ3) is 4.14. The molecular formula is C10H9ClF3NO2. The molecule has 0 aromatic heterocycles. The summed E-state index contributed by atoms with van der Waals surface area (Å²) in [5.41, 5.74) is -2.69. The van der Waals surface area contributed by atoms with Crippen molar-refractivity contribution in [3.8, 4) is 5.75 Å². The molecular weight excluding hydrogens is 259 g/mol. The van der Waals surface area contributed by atoms with Gasteiger partial charge in [0.2, 0.25) is 5.91 Å². The monoisotopic (exact) mass is 267 g/mol. The Kier molecular flexibility index (Phi) is 4.22. The van der Waals surface area contributed by atoms with E-state index in [1.807, 2.05) is 0 Å². The van der Waals surface area contributed by atoms with E-state index in [0.717, 1.165) is 6.07 Å². The fourth-order valence-electron chi connectivity index (χ4n) is 1.04. The van der Waals surface area contributed by atoms with Crippen molar-refractivity contribution in [3.05, 3.63) is 24.3 Å². The summed E-state index contributed by atoms with van der Waals surface area (Å²) >= 11 is 4.63. The quantitative estimate of drug-likeness (QED) is 0.851. The molecule has 1 rings (SSSR count). The summed E-state index contributed by atoms with van der Waals surface area (Å²) in [4.78, 5) is 10.7. The number of anilines is 1. The smallest absolute Gasteiger partial charge is 0.429 e. The van der Waals surface area contributed by atoms with Crippen LogP contribution < -0.4 is 10.1 Å². The van der Waals surface area contributed by atoms with Gasteiger partial charge in [0.1, 0.15) is 5.75 Å². The molecule has 1 unspecified atom stereocenters. The van der Waals surface area contributed by atoms with Gasteiger partial charge < -0.3 is 10.1 Å². The van der Waals surface area contributed by atoms with Crippen molar-refractivity contribution in [1.82, 2.24) is 0 Å². The van der Waals surface area contributed by atoms with E-state index in [4.69, 9.17) is 0 Å². The van der Waals surface area contributed by atoms with Gasteiger partial charge in [0.15, 0.2) is 0 Å². The predicted octanol–water partition coefficient (Wildman–Crippen LogP) is 3.15. The highest BCUT2D eigenvalue weighted by Crippen LogP contribution is 2.29. The first-order chi connectivity index (χ1) is 7.81. The Morgan fingerprint density at radius 1 is 1.53 bits per heavy atom. The molecule has 0 aliphatic carbocycles. The molecule has 0 heterocycles. The zero-order valence-corrected chi connectivity index (χ0v) is 9.47. The van der Waals surface area contributed by atoms with Crippen LogP contribution in [-0.4, -0.2) is 17.6 Å². The van der Waals surface area contributed by atoms with E-state index in [0.29, 0.717) is 0 Å². The van der Waals surface area contributed by atoms with Crippen LogP contribution in [0.1, 0.15) is 6.92 Å². The molecule has 1 atom stereocenters. The highest BCUT2D eigenvalue weighted by atomic mass is 35.5. The number of halogens is 4. The summed E-state index contributed by atoms with van der Waals surface area (Å²) in [7, 11) is 0. The average Bonchev–Trinajstić information content (AvgIpc) is 2.15.